The van der Waals surface area contributed by atoms with Gasteiger partial charge in [0.15, 0.2) is 0 Å². The summed E-state index contributed by atoms with van der Waals surface area (Å²) in [5, 5.41) is 9.14. The molecule has 1 saturated heterocycles. The molecule has 0 bridgehead atoms. The van der Waals surface area contributed by atoms with Crippen molar-refractivity contribution in [3.05, 3.63) is 0 Å². The molecule has 1 aliphatic carbocycles. The number of carboxylic acid groups (broad SMARTS) is 1. The Morgan fingerprint density at radius 2 is 1.81 bits per heavy atom. The van der Waals surface area contributed by atoms with Crippen molar-refractivity contribution in [3.63, 3.8) is 0 Å². The van der Waals surface area contributed by atoms with E-state index in [1.54, 1.807) is 0 Å². The fourth-order valence-corrected chi connectivity index (χ4v) is 3.78. The molecule has 0 aromatic carbocycles. The second-order valence-corrected chi connectivity index (χ2v) is 7.86. The first-order chi connectivity index (χ1) is 9.78. The van der Waals surface area contributed by atoms with Gasteiger partial charge in [-0.25, -0.2) is 0 Å². The molecule has 1 heterocycles. The Kier molecular flexibility index (Phi) is 4.95. The second kappa shape index (κ2) is 6.37. The van der Waals surface area contributed by atoms with Gasteiger partial charge in [-0.2, -0.15) is 0 Å². The summed E-state index contributed by atoms with van der Waals surface area (Å²) >= 11 is 0. The molecule has 4 nitrogen and oxygen atoms in total. The van der Waals surface area contributed by atoms with Gasteiger partial charge in [0, 0.05) is 19.5 Å². The summed E-state index contributed by atoms with van der Waals surface area (Å²) < 4.78 is 0. The van der Waals surface area contributed by atoms with Crippen molar-refractivity contribution in [2.24, 2.45) is 23.2 Å². The van der Waals surface area contributed by atoms with Crippen LogP contribution in [0.25, 0.3) is 0 Å². The van der Waals surface area contributed by atoms with Gasteiger partial charge in [-0.05, 0) is 49.4 Å². The molecule has 0 aromatic rings. The van der Waals surface area contributed by atoms with Crippen LogP contribution in [-0.4, -0.2) is 35.0 Å². The van der Waals surface area contributed by atoms with Gasteiger partial charge in [0.05, 0.1) is 5.92 Å². The molecule has 1 saturated carbocycles. The minimum absolute atomic E-state index is 0.0606. The third kappa shape index (κ3) is 4.21. The van der Waals surface area contributed by atoms with E-state index in [2.05, 4.69) is 13.8 Å². The Hall–Kier alpha value is -1.06. The first kappa shape index (κ1) is 16.3. The number of carbonyl (C=O) groups is 2. The number of hydrogen-bond acceptors (Lipinski definition) is 2. The maximum Gasteiger partial charge on any atom is 0.306 e. The predicted molar refractivity (Wildman–Crippen MR) is 81.8 cm³/mol. The van der Waals surface area contributed by atoms with Gasteiger partial charge in [0.25, 0.3) is 0 Å². The highest BCUT2D eigenvalue weighted by Crippen LogP contribution is 2.39. The Bertz CT molecular complexity index is 395. The van der Waals surface area contributed by atoms with Crippen molar-refractivity contribution in [1.82, 2.24) is 4.90 Å². The van der Waals surface area contributed by atoms with E-state index in [1.807, 2.05) is 11.8 Å². The van der Waals surface area contributed by atoms with Gasteiger partial charge in [0.2, 0.25) is 5.91 Å². The molecule has 0 radical (unpaired) electrons. The summed E-state index contributed by atoms with van der Waals surface area (Å²) in [6, 6.07) is 0. The summed E-state index contributed by atoms with van der Waals surface area (Å²) in [5.41, 5.74) is 0.438. The second-order valence-electron chi connectivity index (χ2n) is 7.86. The van der Waals surface area contributed by atoms with E-state index in [0.717, 1.165) is 12.8 Å². The van der Waals surface area contributed by atoms with E-state index in [9.17, 15) is 9.59 Å². The van der Waals surface area contributed by atoms with Crippen LogP contribution in [-0.2, 0) is 9.59 Å². The van der Waals surface area contributed by atoms with E-state index in [4.69, 9.17) is 5.11 Å². The minimum Gasteiger partial charge on any atom is -0.481 e. The van der Waals surface area contributed by atoms with Crippen molar-refractivity contribution in [2.45, 2.75) is 59.3 Å². The number of amides is 1. The third-order valence-corrected chi connectivity index (χ3v) is 5.50. The van der Waals surface area contributed by atoms with Crippen LogP contribution in [0.1, 0.15) is 59.3 Å². The smallest absolute Gasteiger partial charge is 0.306 e. The maximum atomic E-state index is 12.4. The first-order valence-corrected chi connectivity index (χ1v) is 8.29. The number of carbonyl (C=O) groups excluding carboxylic acids is 1. The average molecular weight is 295 g/mol. The summed E-state index contributed by atoms with van der Waals surface area (Å²) in [4.78, 5) is 25.4. The van der Waals surface area contributed by atoms with E-state index in [-0.39, 0.29) is 17.7 Å². The molecule has 0 aromatic heterocycles. The van der Waals surface area contributed by atoms with Crippen LogP contribution in [0.4, 0.5) is 0 Å². The van der Waals surface area contributed by atoms with E-state index < -0.39 is 5.97 Å². The fourth-order valence-electron chi connectivity index (χ4n) is 3.78. The molecule has 2 aliphatic rings. The first-order valence-electron chi connectivity index (χ1n) is 8.29. The number of likely N-dealkylation sites (tertiary alicyclic amines) is 1. The molecular weight excluding hydrogens is 266 g/mol. The van der Waals surface area contributed by atoms with Crippen molar-refractivity contribution >= 4 is 11.9 Å². The molecular formula is C17H29NO3. The van der Waals surface area contributed by atoms with Gasteiger partial charge in [-0.15, -0.1) is 0 Å². The molecule has 1 amide bonds. The summed E-state index contributed by atoms with van der Waals surface area (Å²) in [5.74, 6) is -0.187. The maximum absolute atomic E-state index is 12.4. The third-order valence-electron chi connectivity index (χ3n) is 5.50. The van der Waals surface area contributed by atoms with Crippen LogP contribution in [0.3, 0.4) is 0 Å². The van der Waals surface area contributed by atoms with Gasteiger partial charge in [-0.1, -0.05) is 20.8 Å². The molecule has 2 unspecified atom stereocenters. The monoisotopic (exact) mass is 295 g/mol. The Morgan fingerprint density at radius 1 is 1.19 bits per heavy atom. The van der Waals surface area contributed by atoms with Crippen LogP contribution in [0.2, 0.25) is 0 Å². The topological polar surface area (TPSA) is 57.6 Å². The molecule has 4 heteroatoms. The van der Waals surface area contributed by atoms with Gasteiger partial charge < -0.3 is 10.0 Å². The molecule has 2 rings (SSSR count). The molecule has 2 atom stereocenters. The van der Waals surface area contributed by atoms with E-state index >= 15 is 0 Å². The van der Waals surface area contributed by atoms with E-state index in [0.29, 0.717) is 37.3 Å². The van der Waals surface area contributed by atoms with Crippen molar-refractivity contribution in [1.29, 1.82) is 0 Å². The van der Waals surface area contributed by atoms with Crippen molar-refractivity contribution in [3.8, 4) is 0 Å². The zero-order chi connectivity index (χ0) is 15.6. The Morgan fingerprint density at radius 3 is 2.33 bits per heavy atom. The highest BCUT2D eigenvalue weighted by molar-refractivity contribution is 5.77. The van der Waals surface area contributed by atoms with E-state index in [1.165, 1.54) is 12.8 Å². The lowest BCUT2D eigenvalue weighted by Gasteiger charge is -2.37. The molecule has 0 spiro atoms. The summed E-state index contributed by atoms with van der Waals surface area (Å²) in [6.45, 7) is 7.78. The van der Waals surface area contributed by atoms with Crippen molar-refractivity contribution < 1.29 is 14.7 Å². The summed E-state index contributed by atoms with van der Waals surface area (Å²) in [6.07, 6.45) is 5.98. The number of aliphatic carboxylic acids is 1. The number of carboxylic acids is 1. The quantitative estimate of drug-likeness (QED) is 0.870. The molecule has 2 fully saturated rings. The lowest BCUT2D eigenvalue weighted by molar-refractivity contribution is -0.148. The molecule has 120 valence electrons. The molecule has 21 heavy (non-hydrogen) atoms. The van der Waals surface area contributed by atoms with Crippen molar-refractivity contribution in [2.75, 3.05) is 13.1 Å². The van der Waals surface area contributed by atoms with Gasteiger partial charge >= 0.3 is 5.97 Å². The van der Waals surface area contributed by atoms with Gasteiger partial charge in [0.1, 0.15) is 0 Å². The Labute approximate surface area is 127 Å². The highest BCUT2D eigenvalue weighted by atomic mass is 16.4. The van der Waals surface area contributed by atoms with Crippen LogP contribution < -0.4 is 0 Å². The lowest BCUT2D eigenvalue weighted by atomic mass is 9.72. The van der Waals surface area contributed by atoms with Crippen LogP contribution >= 0.6 is 0 Å². The SMILES string of the molecule is CC1CN(C(=O)CC2CCC(C)(C)CC2)CCC1C(=O)O. The number of piperidine rings is 1. The zero-order valence-corrected chi connectivity index (χ0v) is 13.6. The predicted octanol–water partition coefficient (Wildman–Crippen LogP) is 3.16. The fraction of sp³-hybridized carbons (Fsp3) is 0.882. The van der Waals surface area contributed by atoms with Crippen LogP contribution in [0.15, 0.2) is 0 Å². The number of rotatable bonds is 3. The average Bonchev–Trinajstić information content (AvgIpc) is 2.40. The molecule has 1 aliphatic heterocycles. The summed E-state index contributed by atoms with van der Waals surface area (Å²) in [7, 11) is 0. The minimum atomic E-state index is -0.718. The van der Waals surface area contributed by atoms with Gasteiger partial charge in [-0.3, -0.25) is 9.59 Å². The highest BCUT2D eigenvalue weighted by Gasteiger charge is 2.34. The Balaban J connectivity index is 1.81. The number of nitrogens with zero attached hydrogens (tertiary/aromatic N) is 1. The van der Waals surface area contributed by atoms with Crippen LogP contribution in [0, 0.1) is 23.2 Å². The standard InChI is InChI=1S/C17H29NO3/c1-12-11-18(9-6-14(12)16(20)21)15(19)10-13-4-7-17(2,3)8-5-13/h12-14H,4-11H2,1-3H3,(H,20,21). The lowest BCUT2D eigenvalue weighted by Crippen LogP contribution is -2.45. The molecule has 1 N–H and O–H groups in total. The zero-order valence-electron chi connectivity index (χ0n) is 13.6. The van der Waals surface area contributed by atoms with Crippen LogP contribution in [0.5, 0.6) is 0 Å². The largest absolute Gasteiger partial charge is 0.481 e. The normalized spacial score (nSPS) is 30.1. The number of hydrogen-bond donors (Lipinski definition) is 1.